The molecule has 26 heavy (non-hydrogen) atoms. The van der Waals surface area contributed by atoms with Gasteiger partial charge in [0.2, 0.25) is 11.7 Å². The predicted octanol–water partition coefficient (Wildman–Crippen LogP) is 3.29. The largest absolute Gasteiger partial charge is 0.485 e. The lowest BCUT2D eigenvalue weighted by Gasteiger charge is -2.13. The van der Waals surface area contributed by atoms with Gasteiger partial charge in [-0.25, -0.2) is 0 Å². The Morgan fingerprint density at radius 2 is 1.88 bits per heavy atom. The van der Waals surface area contributed by atoms with Crippen molar-refractivity contribution < 1.29 is 9.26 Å². The minimum Gasteiger partial charge on any atom is -0.485 e. The maximum atomic E-state index is 5.63. The van der Waals surface area contributed by atoms with E-state index in [1.807, 2.05) is 43.4 Å². The van der Waals surface area contributed by atoms with E-state index in [0.717, 1.165) is 23.3 Å². The lowest BCUT2D eigenvalue weighted by Crippen LogP contribution is -2.17. The van der Waals surface area contributed by atoms with Gasteiger partial charge in [-0.3, -0.25) is 4.90 Å². The number of nitrogens with zero attached hydrogens (tertiary/aromatic N) is 5. The molecule has 0 fully saturated rings. The van der Waals surface area contributed by atoms with Crippen molar-refractivity contribution in [2.75, 3.05) is 7.05 Å². The van der Waals surface area contributed by atoms with E-state index >= 15 is 0 Å². The van der Waals surface area contributed by atoms with Crippen LogP contribution in [0.15, 0.2) is 53.1 Å². The third kappa shape index (κ3) is 4.04. The summed E-state index contributed by atoms with van der Waals surface area (Å²) in [4.78, 5) is 6.49. The van der Waals surface area contributed by atoms with Crippen LogP contribution in [-0.4, -0.2) is 30.8 Å². The number of ether oxygens (including phenoxy) is 1. The molecule has 0 saturated heterocycles. The van der Waals surface area contributed by atoms with Crippen molar-refractivity contribution in [3.8, 4) is 5.75 Å². The Labute approximate surface area is 154 Å². The second-order valence-corrected chi connectivity index (χ2v) is 6.49. The van der Waals surface area contributed by atoms with Crippen molar-refractivity contribution in [2.24, 2.45) is 0 Å². The first-order chi connectivity index (χ1) is 12.8. The standard InChI is InChI=1S/C18H17N5O2S/c1-23(10-13-7-8-15-16(9-13)22-26-21-15)11-18-19-17(20-25-18)12-24-14-5-3-2-4-6-14/h2-9H,10-12H2,1H3. The van der Waals surface area contributed by atoms with Gasteiger partial charge in [-0.15, -0.1) is 0 Å². The average Bonchev–Trinajstić information content (AvgIpc) is 3.29. The Kier molecular flexibility index (Phi) is 4.85. The van der Waals surface area contributed by atoms with E-state index in [1.165, 1.54) is 17.3 Å². The first kappa shape index (κ1) is 16.6. The molecule has 4 aromatic rings. The smallest absolute Gasteiger partial charge is 0.240 e. The number of aromatic nitrogens is 4. The molecular formula is C18H17N5O2S. The molecule has 0 spiro atoms. The number of hydrogen-bond acceptors (Lipinski definition) is 8. The molecule has 0 radical (unpaired) electrons. The molecule has 0 amide bonds. The van der Waals surface area contributed by atoms with Crippen LogP contribution < -0.4 is 4.74 Å². The molecule has 0 aliphatic rings. The van der Waals surface area contributed by atoms with Crippen molar-refractivity contribution in [1.29, 1.82) is 0 Å². The minimum absolute atomic E-state index is 0.282. The van der Waals surface area contributed by atoms with Gasteiger partial charge in [0.1, 0.15) is 16.8 Å². The molecule has 4 rings (SSSR count). The molecule has 2 aromatic carbocycles. The molecule has 8 heteroatoms. The number of fused-ring (bicyclic) bond motifs is 1. The van der Waals surface area contributed by atoms with E-state index in [1.54, 1.807) is 0 Å². The third-order valence-electron chi connectivity index (χ3n) is 3.80. The van der Waals surface area contributed by atoms with Crippen molar-refractivity contribution in [3.63, 3.8) is 0 Å². The van der Waals surface area contributed by atoms with E-state index < -0.39 is 0 Å². The van der Waals surface area contributed by atoms with Gasteiger partial charge in [0.05, 0.1) is 18.3 Å². The fourth-order valence-electron chi connectivity index (χ4n) is 2.60. The average molecular weight is 367 g/mol. The summed E-state index contributed by atoms with van der Waals surface area (Å²) in [6, 6.07) is 15.7. The summed E-state index contributed by atoms with van der Waals surface area (Å²) < 4.78 is 19.4. The summed E-state index contributed by atoms with van der Waals surface area (Å²) in [6.07, 6.45) is 0. The predicted molar refractivity (Wildman–Crippen MR) is 97.7 cm³/mol. The van der Waals surface area contributed by atoms with E-state index in [0.29, 0.717) is 18.3 Å². The van der Waals surface area contributed by atoms with Crippen LogP contribution in [0, 0.1) is 0 Å². The Balaban J connectivity index is 1.32. The molecule has 0 aliphatic carbocycles. The maximum Gasteiger partial charge on any atom is 0.240 e. The molecule has 7 nitrogen and oxygen atoms in total. The third-order valence-corrected chi connectivity index (χ3v) is 4.35. The first-order valence-electron chi connectivity index (χ1n) is 8.15. The van der Waals surface area contributed by atoms with Gasteiger partial charge < -0.3 is 9.26 Å². The first-order valence-corrected chi connectivity index (χ1v) is 8.88. The molecule has 0 aliphatic heterocycles. The minimum atomic E-state index is 0.282. The van der Waals surface area contributed by atoms with Crippen LogP contribution in [0.3, 0.4) is 0 Å². The van der Waals surface area contributed by atoms with E-state index in [9.17, 15) is 0 Å². The highest BCUT2D eigenvalue weighted by molar-refractivity contribution is 7.00. The number of rotatable bonds is 7. The zero-order valence-corrected chi connectivity index (χ0v) is 15.0. The molecular weight excluding hydrogens is 350 g/mol. The summed E-state index contributed by atoms with van der Waals surface area (Å²) in [5.41, 5.74) is 3.03. The summed E-state index contributed by atoms with van der Waals surface area (Å²) in [7, 11) is 2.01. The molecule has 0 saturated carbocycles. The Morgan fingerprint density at radius 1 is 1.04 bits per heavy atom. The highest BCUT2D eigenvalue weighted by Crippen LogP contribution is 2.15. The maximum absolute atomic E-state index is 5.63. The highest BCUT2D eigenvalue weighted by Gasteiger charge is 2.11. The monoisotopic (exact) mass is 367 g/mol. The topological polar surface area (TPSA) is 77.2 Å². The van der Waals surface area contributed by atoms with Crippen LogP contribution in [0.4, 0.5) is 0 Å². The van der Waals surface area contributed by atoms with Gasteiger partial charge in [-0.1, -0.05) is 29.4 Å². The van der Waals surface area contributed by atoms with Gasteiger partial charge in [0, 0.05) is 6.54 Å². The van der Waals surface area contributed by atoms with Gasteiger partial charge in [0.15, 0.2) is 6.61 Å². The quantitative estimate of drug-likeness (QED) is 0.496. The molecule has 0 bridgehead atoms. The van der Waals surface area contributed by atoms with Crippen molar-refractivity contribution in [1.82, 2.24) is 23.8 Å². The zero-order chi connectivity index (χ0) is 17.8. The van der Waals surface area contributed by atoms with Crippen LogP contribution in [0.5, 0.6) is 5.75 Å². The van der Waals surface area contributed by atoms with E-state index in [4.69, 9.17) is 9.26 Å². The Hall–Kier alpha value is -2.84. The van der Waals surface area contributed by atoms with E-state index in [2.05, 4.69) is 35.9 Å². The van der Waals surface area contributed by atoms with Gasteiger partial charge in [0.25, 0.3) is 0 Å². The van der Waals surface area contributed by atoms with Crippen molar-refractivity contribution in [2.45, 2.75) is 19.7 Å². The lowest BCUT2D eigenvalue weighted by atomic mass is 10.2. The summed E-state index contributed by atoms with van der Waals surface area (Å²) in [5.74, 6) is 1.88. The number of para-hydroxylation sites is 1. The Morgan fingerprint density at radius 3 is 2.77 bits per heavy atom. The summed E-state index contributed by atoms with van der Waals surface area (Å²) >= 11 is 1.23. The summed E-state index contributed by atoms with van der Waals surface area (Å²) in [5, 5.41) is 3.97. The lowest BCUT2D eigenvalue weighted by molar-refractivity contribution is 0.256. The number of hydrogen-bond donors (Lipinski definition) is 0. The van der Waals surface area contributed by atoms with Crippen molar-refractivity contribution >= 4 is 22.8 Å². The molecule has 0 N–H and O–H groups in total. The van der Waals surface area contributed by atoms with Crippen molar-refractivity contribution in [3.05, 3.63) is 65.8 Å². The summed E-state index contributed by atoms with van der Waals surface area (Å²) in [6.45, 7) is 1.60. The normalized spacial score (nSPS) is 11.3. The molecule has 2 heterocycles. The molecule has 0 unspecified atom stereocenters. The SMILES string of the molecule is CN(Cc1ccc2nsnc2c1)Cc1nc(COc2ccccc2)no1. The molecule has 2 aromatic heterocycles. The van der Waals surface area contributed by atoms with E-state index in [-0.39, 0.29) is 6.61 Å². The zero-order valence-electron chi connectivity index (χ0n) is 14.2. The van der Waals surface area contributed by atoms with Gasteiger partial charge in [-0.05, 0) is 36.9 Å². The highest BCUT2D eigenvalue weighted by atomic mass is 32.1. The number of benzene rings is 2. The van der Waals surface area contributed by atoms with Crippen LogP contribution in [0.2, 0.25) is 0 Å². The molecule has 0 atom stereocenters. The van der Waals surface area contributed by atoms with Crippen LogP contribution in [-0.2, 0) is 19.7 Å². The second-order valence-electron chi connectivity index (χ2n) is 5.97. The van der Waals surface area contributed by atoms with Crippen LogP contribution >= 0.6 is 11.7 Å². The fraction of sp³-hybridized carbons (Fsp3) is 0.222. The molecule has 132 valence electrons. The fourth-order valence-corrected chi connectivity index (χ4v) is 3.12. The van der Waals surface area contributed by atoms with Gasteiger partial charge in [-0.2, -0.15) is 13.7 Å². The van der Waals surface area contributed by atoms with Crippen LogP contribution in [0.1, 0.15) is 17.3 Å². The van der Waals surface area contributed by atoms with Crippen LogP contribution in [0.25, 0.3) is 11.0 Å². The Bertz CT molecular complexity index is 985. The second kappa shape index (κ2) is 7.59. The van der Waals surface area contributed by atoms with Gasteiger partial charge >= 0.3 is 0 Å².